The zero-order valence-electron chi connectivity index (χ0n) is 10.6. The first-order valence-electron chi connectivity index (χ1n) is 5.53. The maximum atomic E-state index is 12.0. The van der Waals surface area contributed by atoms with Crippen LogP contribution in [0.2, 0.25) is 5.02 Å². The van der Waals surface area contributed by atoms with Crippen LogP contribution >= 0.6 is 22.9 Å². The molecule has 6 nitrogen and oxygen atoms in total. The Bertz CT molecular complexity index is 853. The van der Waals surface area contributed by atoms with Crippen molar-refractivity contribution in [2.45, 2.75) is 11.1 Å². The average Bonchev–Trinajstić information content (AvgIpc) is 2.85. The van der Waals surface area contributed by atoms with Gasteiger partial charge in [-0.25, -0.2) is 18.1 Å². The lowest BCUT2D eigenvalue weighted by Crippen LogP contribution is -2.30. The molecule has 0 saturated heterocycles. The van der Waals surface area contributed by atoms with Crippen LogP contribution < -0.4 is 4.72 Å². The molecule has 2 aromatic rings. The van der Waals surface area contributed by atoms with Gasteiger partial charge in [0.1, 0.15) is 0 Å². The molecule has 1 aromatic carbocycles. The number of rotatable bonds is 3. The fourth-order valence-corrected chi connectivity index (χ4v) is 3.80. The number of benzene rings is 1. The first kappa shape index (κ1) is 15.4. The van der Waals surface area contributed by atoms with Crippen LogP contribution in [0.25, 0.3) is 0 Å². The van der Waals surface area contributed by atoms with Gasteiger partial charge in [0.2, 0.25) is 0 Å². The van der Waals surface area contributed by atoms with E-state index in [1.54, 1.807) is 6.92 Å². The highest BCUT2D eigenvalue weighted by atomic mass is 35.5. The molecule has 0 atom stereocenters. The number of amides is 1. The van der Waals surface area contributed by atoms with Gasteiger partial charge >= 0.3 is 0 Å². The van der Waals surface area contributed by atoms with Gasteiger partial charge in [0.25, 0.3) is 15.9 Å². The van der Waals surface area contributed by atoms with Crippen LogP contribution in [-0.4, -0.2) is 19.3 Å². The highest BCUT2D eigenvalue weighted by Crippen LogP contribution is 2.20. The van der Waals surface area contributed by atoms with Crippen molar-refractivity contribution >= 4 is 38.9 Å². The maximum absolute atomic E-state index is 12.0. The summed E-state index contributed by atoms with van der Waals surface area (Å²) in [6, 6.07) is 5.84. The molecule has 1 heterocycles. The van der Waals surface area contributed by atoms with E-state index in [2.05, 4.69) is 4.98 Å². The van der Waals surface area contributed by atoms with Crippen LogP contribution in [0.3, 0.4) is 0 Å². The topological polar surface area (TPSA) is 99.9 Å². The van der Waals surface area contributed by atoms with Gasteiger partial charge in [0, 0.05) is 0 Å². The zero-order valence-corrected chi connectivity index (χ0v) is 13.0. The molecule has 9 heteroatoms. The highest BCUT2D eigenvalue weighted by molar-refractivity contribution is 7.92. The molecule has 21 heavy (non-hydrogen) atoms. The largest absolute Gasteiger partial charge is 0.275 e. The minimum Gasteiger partial charge on any atom is -0.268 e. The quantitative estimate of drug-likeness (QED) is 0.921. The second-order valence-electron chi connectivity index (χ2n) is 3.94. The number of sulfonamides is 1. The molecule has 0 fully saturated rings. The summed E-state index contributed by atoms with van der Waals surface area (Å²) in [5, 5.41) is 9.29. The summed E-state index contributed by atoms with van der Waals surface area (Å²) in [6.07, 6.45) is 1.18. The van der Waals surface area contributed by atoms with Gasteiger partial charge < -0.3 is 0 Å². The fraction of sp³-hybridized carbons (Fsp3) is 0.0833. The van der Waals surface area contributed by atoms with Gasteiger partial charge in [-0.05, 0) is 25.1 Å². The second-order valence-corrected chi connectivity index (χ2v) is 7.49. The lowest BCUT2D eigenvalue weighted by Gasteiger charge is -2.06. The lowest BCUT2D eigenvalue weighted by molar-refractivity contribution is 0.0981. The van der Waals surface area contributed by atoms with Gasteiger partial charge in [-0.15, -0.1) is 11.3 Å². The van der Waals surface area contributed by atoms with Crippen LogP contribution in [0, 0.1) is 18.3 Å². The standard InChI is InChI=1S/C12H8ClN3O3S2/c1-7-15-6-11(20-7)21(18,19)16-12(17)9-3-2-8(5-14)4-10(9)13/h2-4,6H,1H3,(H,16,17). The van der Waals surface area contributed by atoms with Crippen molar-refractivity contribution in [1.82, 2.24) is 9.71 Å². The third kappa shape index (κ3) is 3.39. The first-order valence-corrected chi connectivity index (χ1v) is 8.20. The van der Waals surface area contributed by atoms with Gasteiger partial charge in [0.15, 0.2) is 4.21 Å². The van der Waals surface area contributed by atoms with E-state index in [9.17, 15) is 13.2 Å². The van der Waals surface area contributed by atoms with Gasteiger partial charge in [0.05, 0.1) is 33.4 Å². The minimum atomic E-state index is -3.99. The summed E-state index contributed by atoms with van der Waals surface area (Å²) in [4.78, 5) is 15.8. The summed E-state index contributed by atoms with van der Waals surface area (Å²) in [5.74, 6) is -0.865. The number of nitrogens with zero attached hydrogens (tertiary/aromatic N) is 2. The molecule has 2 rings (SSSR count). The summed E-state index contributed by atoms with van der Waals surface area (Å²) >= 11 is 6.82. The molecule has 108 valence electrons. The van der Waals surface area contributed by atoms with E-state index >= 15 is 0 Å². The lowest BCUT2D eigenvalue weighted by atomic mass is 10.1. The molecule has 1 aromatic heterocycles. The number of nitrogens with one attached hydrogen (secondary N) is 1. The van der Waals surface area contributed by atoms with Crippen molar-refractivity contribution < 1.29 is 13.2 Å². The third-order valence-corrected chi connectivity index (χ3v) is 5.45. The van der Waals surface area contributed by atoms with Crippen LogP contribution in [-0.2, 0) is 10.0 Å². The van der Waals surface area contributed by atoms with E-state index in [1.807, 2.05) is 10.8 Å². The van der Waals surface area contributed by atoms with Crippen LogP contribution in [0.4, 0.5) is 0 Å². The molecule has 0 radical (unpaired) electrons. The number of hydrogen-bond donors (Lipinski definition) is 1. The Labute approximate surface area is 130 Å². The third-order valence-electron chi connectivity index (χ3n) is 2.43. The monoisotopic (exact) mass is 341 g/mol. The molecule has 0 bridgehead atoms. The average molecular weight is 342 g/mol. The number of carbonyl (C=O) groups excluding carboxylic acids is 1. The van der Waals surface area contributed by atoms with Gasteiger partial charge in [-0.2, -0.15) is 5.26 Å². The van der Waals surface area contributed by atoms with Crippen molar-refractivity contribution in [2.24, 2.45) is 0 Å². The number of nitriles is 1. The van der Waals surface area contributed by atoms with E-state index in [0.29, 0.717) is 5.01 Å². The van der Waals surface area contributed by atoms with Crippen LogP contribution in [0.1, 0.15) is 20.9 Å². The van der Waals surface area contributed by atoms with Crippen molar-refractivity contribution in [1.29, 1.82) is 5.26 Å². The molecule has 0 aliphatic carbocycles. The zero-order chi connectivity index (χ0) is 15.6. The molecule has 0 aliphatic heterocycles. The Morgan fingerprint density at radius 3 is 2.71 bits per heavy atom. The minimum absolute atomic E-state index is 0.00207. The Kier molecular flexibility index (Phi) is 4.27. The maximum Gasteiger partial charge on any atom is 0.275 e. The SMILES string of the molecule is Cc1ncc(S(=O)(=O)NC(=O)c2ccc(C#N)cc2Cl)s1. The van der Waals surface area contributed by atoms with E-state index < -0.39 is 15.9 Å². The molecule has 1 amide bonds. The van der Waals surface area contributed by atoms with Gasteiger partial charge in [-0.3, -0.25) is 4.79 Å². The molecular weight excluding hydrogens is 334 g/mol. The predicted molar refractivity (Wildman–Crippen MR) is 77.7 cm³/mol. The number of carbonyl (C=O) groups is 1. The van der Waals surface area contributed by atoms with Crippen LogP contribution in [0.5, 0.6) is 0 Å². The summed E-state index contributed by atoms with van der Waals surface area (Å²) in [5.41, 5.74) is 0.248. The summed E-state index contributed by atoms with van der Waals surface area (Å²) in [7, 11) is -3.99. The van der Waals surface area contributed by atoms with E-state index in [4.69, 9.17) is 16.9 Å². The summed E-state index contributed by atoms with van der Waals surface area (Å²) < 4.78 is 25.9. The Morgan fingerprint density at radius 2 is 2.19 bits per heavy atom. The molecule has 0 spiro atoms. The Balaban J connectivity index is 2.28. The molecule has 0 unspecified atom stereocenters. The number of thiazole rings is 1. The van der Waals surface area contributed by atoms with E-state index in [-0.39, 0.29) is 20.4 Å². The first-order chi connectivity index (χ1) is 9.83. The summed E-state index contributed by atoms with van der Waals surface area (Å²) in [6.45, 7) is 1.66. The Morgan fingerprint density at radius 1 is 1.48 bits per heavy atom. The van der Waals surface area contributed by atoms with Crippen molar-refractivity contribution in [3.05, 3.63) is 45.6 Å². The molecular formula is C12H8ClN3O3S2. The van der Waals surface area contributed by atoms with Crippen molar-refractivity contribution in [3.8, 4) is 6.07 Å². The van der Waals surface area contributed by atoms with E-state index in [1.165, 1.54) is 24.4 Å². The molecule has 0 aliphatic rings. The van der Waals surface area contributed by atoms with Crippen molar-refractivity contribution in [3.63, 3.8) is 0 Å². The fourth-order valence-electron chi connectivity index (χ4n) is 1.46. The normalized spacial score (nSPS) is 10.9. The van der Waals surface area contributed by atoms with Crippen molar-refractivity contribution in [2.75, 3.05) is 0 Å². The van der Waals surface area contributed by atoms with E-state index in [0.717, 1.165) is 11.3 Å². The predicted octanol–water partition coefficient (Wildman–Crippen LogP) is 2.10. The number of aryl methyl sites for hydroxylation is 1. The molecule has 1 N–H and O–H groups in total. The smallest absolute Gasteiger partial charge is 0.268 e. The van der Waals surface area contributed by atoms with Crippen LogP contribution in [0.15, 0.2) is 28.6 Å². The number of hydrogen-bond acceptors (Lipinski definition) is 6. The number of aromatic nitrogens is 1. The number of halogens is 1. The molecule has 0 saturated carbocycles. The Hall–Kier alpha value is -1.95. The second kappa shape index (κ2) is 5.81. The highest BCUT2D eigenvalue weighted by Gasteiger charge is 2.22. The van der Waals surface area contributed by atoms with Gasteiger partial charge in [-0.1, -0.05) is 11.6 Å².